The van der Waals surface area contributed by atoms with Gasteiger partial charge < -0.3 is 9.72 Å². The Morgan fingerprint density at radius 1 is 1.71 bits per heavy atom. The minimum Gasteiger partial charge on any atom is -0.377 e. The van der Waals surface area contributed by atoms with E-state index in [9.17, 15) is 4.79 Å². The SMILES string of the molecule is O=c1ccnc(SCC2CCCO2)[nH]1. The Morgan fingerprint density at radius 3 is 3.36 bits per heavy atom. The fraction of sp³-hybridized carbons (Fsp3) is 0.556. The third-order valence-electron chi connectivity index (χ3n) is 2.08. The molecule has 1 aromatic rings. The first-order chi connectivity index (χ1) is 6.84. The second kappa shape index (κ2) is 4.61. The van der Waals surface area contributed by atoms with Crippen LogP contribution in [0.5, 0.6) is 0 Å². The van der Waals surface area contributed by atoms with Crippen molar-refractivity contribution in [2.24, 2.45) is 0 Å². The Labute approximate surface area is 86.1 Å². The minimum atomic E-state index is -0.102. The summed E-state index contributed by atoms with van der Waals surface area (Å²) in [7, 11) is 0. The van der Waals surface area contributed by atoms with E-state index in [-0.39, 0.29) is 5.56 Å². The second-order valence-electron chi connectivity index (χ2n) is 3.19. The lowest BCUT2D eigenvalue weighted by Crippen LogP contribution is -2.10. The van der Waals surface area contributed by atoms with E-state index >= 15 is 0 Å². The molecule has 0 spiro atoms. The van der Waals surface area contributed by atoms with Crippen molar-refractivity contribution >= 4 is 11.8 Å². The molecule has 1 unspecified atom stereocenters. The first kappa shape index (κ1) is 9.73. The topological polar surface area (TPSA) is 55.0 Å². The van der Waals surface area contributed by atoms with Gasteiger partial charge in [0.25, 0.3) is 5.56 Å². The van der Waals surface area contributed by atoms with E-state index in [0.717, 1.165) is 25.2 Å². The fourth-order valence-electron chi connectivity index (χ4n) is 1.37. The zero-order valence-corrected chi connectivity index (χ0v) is 8.55. The average Bonchev–Trinajstić information content (AvgIpc) is 2.67. The van der Waals surface area contributed by atoms with Gasteiger partial charge in [-0.15, -0.1) is 0 Å². The number of ether oxygens (including phenoxy) is 1. The van der Waals surface area contributed by atoms with Crippen LogP contribution in [0.15, 0.2) is 22.2 Å². The number of aromatic amines is 1. The maximum Gasteiger partial charge on any atom is 0.251 e. The lowest BCUT2D eigenvalue weighted by atomic mass is 10.3. The largest absolute Gasteiger partial charge is 0.377 e. The Bertz CT molecular complexity index is 347. The van der Waals surface area contributed by atoms with Crippen LogP contribution in [0.4, 0.5) is 0 Å². The third-order valence-corrected chi connectivity index (χ3v) is 3.10. The van der Waals surface area contributed by atoms with Crippen LogP contribution in [0.3, 0.4) is 0 Å². The fourth-order valence-corrected chi connectivity index (χ4v) is 2.29. The van der Waals surface area contributed by atoms with E-state index in [2.05, 4.69) is 9.97 Å². The molecule has 1 N–H and O–H groups in total. The molecule has 5 heteroatoms. The van der Waals surface area contributed by atoms with Gasteiger partial charge in [-0.1, -0.05) is 11.8 Å². The summed E-state index contributed by atoms with van der Waals surface area (Å²) < 4.78 is 5.46. The average molecular weight is 212 g/mol. The van der Waals surface area contributed by atoms with Gasteiger partial charge in [0.05, 0.1) is 6.10 Å². The van der Waals surface area contributed by atoms with Crippen LogP contribution in [-0.4, -0.2) is 28.4 Å². The molecule has 1 aliphatic rings. The minimum absolute atomic E-state index is 0.102. The summed E-state index contributed by atoms with van der Waals surface area (Å²) >= 11 is 1.54. The first-order valence-electron chi connectivity index (χ1n) is 4.64. The summed E-state index contributed by atoms with van der Waals surface area (Å²) in [5.74, 6) is 0.868. The highest BCUT2D eigenvalue weighted by Crippen LogP contribution is 2.19. The van der Waals surface area contributed by atoms with Gasteiger partial charge in [0, 0.05) is 24.6 Å². The summed E-state index contributed by atoms with van der Waals surface area (Å²) in [5, 5.41) is 0.674. The van der Waals surface area contributed by atoms with Crippen molar-refractivity contribution in [2.45, 2.75) is 24.1 Å². The molecule has 14 heavy (non-hydrogen) atoms. The maximum absolute atomic E-state index is 10.9. The molecular weight excluding hydrogens is 200 g/mol. The predicted octanol–water partition coefficient (Wildman–Crippen LogP) is 1.04. The second-order valence-corrected chi connectivity index (χ2v) is 4.19. The third kappa shape index (κ3) is 2.59. The molecule has 1 aromatic heterocycles. The monoisotopic (exact) mass is 212 g/mol. The van der Waals surface area contributed by atoms with E-state index in [0.29, 0.717) is 11.3 Å². The molecular formula is C9H12N2O2S. The molecule has 0 aromatic carbocycles. The van der Waals surface area contributed by atoms with Crippen molar-refractivity contribution in [3.63, 3.8) is 0 Å². The van der Waals surface area contributed by atoms with Crippen molar-refractivity contribution in [2.75, 3.05) is 12.4 Å². The highest BCUT2D eigenvalue weighted by molar-refractivity contribution is 7.99. The molecule has 1 aliphatic heterocycles. The quantitative estimate of drug-likeness (QED) is 0.601. The van der Waals surface area contributed by atoms with Crippen LogP contribution in [0.1, 0.15) is 12.8 Å². The van der Waals surface area contributed by atoms with Crippen molar-refractivity contribution in [3.05, 3.63) is 22.6 Å². The molecule has 4 nitrogen and oxygen atoms in total. The number of nitrogens with one attached hydrogen (secondary N) is 1. The normalized spacial score (nSPS) is 21.3. The van der Waals surface area contributed by atoms with E-state index in [1.807, 2.05) is 0 Å². The number of hydrogen-bond donors (Lipinski definition) is 1. The Morgan fingerprint density at radius 2 is 2.64 bits per heavy atom. The molecule has 0 amide bonds. The summed E-state index contributed by atoms with van der Waals surface area (Å²) in [6.07, 6.45) is 4.11. The highest BCUT2D eigenvalue weighted by Gasteiger charge is 2.15. The molecule has 1 atom stereocenters. The zero-order valence-electron chi connectivity index (χ0n) is 7.73. The molecule has 2 rings (SSSR count). The zero-order chi connectivity index (χ0) is 9.80. The molecule has 76 valence electrons. The lowest BCUT2D eigenvalue weighted by molar-refractivity contribution is 0.129. The lowest BCUT2D eigenvalue weighted by Gasteiger charge is -2.06. The van der Waals surface area contributed by atoms with Crippen molar-refractivity contribution < 1.29 is 4.74 Å². The van der Waals surface area contributed by atoms with E-state index in [4.69, 9.17) is 4.74 Å². The van der Waals surface area contributed by atoms with E-state index in [1.54, 1.807) is 11.8 Å². The molecule has 0 saturated carbocycles. The summed E-state index contributed by atoms with van der Waals surface area (Å²) in [6.45, 7) is 0.865. The van der Waals surface area contributed by atoms with E-state index < -0.39 is 0 Å². The predicted molar refractivity (Wildman–Crippen MR) is 54.6 cm³/mol. The van der Waals surface area contributed by atoms with Crippen LogP contribution < -0.4 is 5.56 Å². The highest BCUT2D eigenvalue weighted by atomic mass is 32.2. The summed E-state index contributed by atoms with van der Waals surface area (Å²) in [5.41, 5.74) is -0.102. The van der Waals surface area contributed by atoms with Gasteiger partial charge in [0.1, 0.15) is 0 Å². The number of rotatable bonds is 3. The van der Waals surface area contributed by atoms with Gasteiger partial charge in [0.15, 0.2) is 5.16 Å². The molecule has 1 fully saturated rings. The van der Waals surface area contributed by atoms with Crippen LogP contribution in [0, 0.1) is 0 Å². The molecule has 2 heterocycles. The standard InChI is InChI=1S/C9H12N2O2S/c12-8-3-4-10-9(11-8)14-6-7-2-1-5-13-7/h3-4,7H,1-2,5-6H2,(H,10,11,12). The van der Waals surface area contributed by atoms with Crippen LogP contribution in [0.2, 0.25) is 0 Å². The maximum atomic E-state index is 10.9. The van der Waals surface area contributed by atoms with Gasteiger partial charge in [-0.3, -0.25) is 4.79 Å². The first-order valence-corrected chi connectivity index (χ1v) is 5.63. The Balaban J connectivity index is 1.88. The molecule has 0 aliphatic carbocycles. The number of H-pyrrole nitrogens is 1. The van der Waals surface area contributed by atoms with Crippen molar-refractivity contribution in [3.8, 4) is 0 Å². The molecule has 1 saturated heterocycles. The van der Waals surface area contributed by atoms with E-state index in [1.165, 1.54) is 12.3 Å². The number of nitrogens with zero attached hydrogens (tertiary/aromatic N) is 1. The number of thioether (sulfide) groups is 1. The smallest absolute Gasteiger partial charge is 0.251 e. The van der Waals surface area contributed by atoms with Gasteiger partial charge in [-0.05, 0) is 12.8 Å². The summed E-state index contributed by atoms with van der Waals surface area (Å²) in [6, 6.07) is 1.41. The van der Waals surface area contributed by atoms with Crippen molar-refractivity contribution in [1.29, 1.82) is 0 Å². The number of hydrogen-bond acceptors (Lipinski definition) is 4. The van der Waals surface area contributed by atoms with Crippen molar-refractivity contribution in [1.82, 2.24) is 9.97 Å². The van der Waals surface area contributed by atoms with Crippen LogP contribution in [-0.2, 0) is 4.74 Å². The van der Waals surface area contributed by atoms with Gasteiger partial charge in [-0.2, -0.15) is 0 Å². The van der Waals surface area contributed by atoms with Crippen LogP contribution in [0.25, 0.3) is 0 Å². The Kier molecular flexibility index (Phi) is 3.21. The molecule has 0 bridgehead atoms. The van der Waals surface area contributed by atoms with Gasteiger partial charge in [-0.25, -0.2) is 4.98 Å². The Hall–Kier alpha value is -0.810. The van der Waals surface area contributed by atoms with Crippen LogP contribution >= 0.6 is 11.8 Å². The number of aromatic nitrogens is 2. The molecule has 0 radical (unpaired) electrons. The van der Waals surface area contributed by atoms with Gasteiger partial charge >= 0.3 is 0 Å². The van der Waals surface area contributed by atoms with Gasteiger partial charge in [0.2, 0.25) is 0 Å². The summed E-state index contributed by atoms with van der Waals surface area (Å²) in [4.78, 5) is 17.7.